The predicted molar refractivity (Wildman–Crippen MR) is 122 cm³/mol. The third-order valence-electron chi connectivity index (χ3n) is 5.72. The van der Waals surface area contributed by atoms with Gasteiger partial charge in [-0.2, -0.15) is 4.99 Å². The molecule has 4 heterocycles. The molecule has 170 valence electrons. The largest absolute Gasteiger partial charge is 0.478 e. The molecule has 33 heavy (non-hydrogen) atoms. The Bertz CT molecular complexity index is 1170. The summed E-state index contributed by atoms with van der Waals surface area (Å²) in [4.78, 5) is 10.3. The summed E-state index contributed by atoms with van der Waals surface area (Å²) < 4.78 is 17.4. The summed E-state index contributed by atoms with van der Waals surface area (Å²) in [5.41, 5.74) is 3.87. The van der Waals surface area contributed by atoms with Crippen molar-refractivity contribution in [2.75, 3.05) is 19.8 Å². The highest BCUT2D eigenvalue weighted by Crippen LogP contribution is 2.33. The quantitative estimate of drug-likeness (QED) is 0.695. The molecule has 0 saturated carbocycles. The Balaban J connectivity index is 1.31. The van der Waals surface area contributed by atoms with Gasteiger partial charge >= 0.3 is 0 Å². The monoisotopic (exact) mass is 447 g/mol. The summed E-state index contributed by atoms with van der Waals surface area (Å²) in [6.45, 7) is 3.08. The SMILES string of the molecule is CCC(O)C#Cc1ccc2c(c1)CCN1C2=CC(OCC2COc3ncccc3O2)=NC1O. The van der Waals surface area contributed by atoms with E-state index in [-0.39, 0.29) is 12.7 Å². The van der Waals surface area contributed by atoms with E-state index >= 15 is 0 Å². The van der Waals surface area contributed by atoms with Gasteiger partial charge in [0.15, 0.2) is 11.9 Å². The van der Waals surface area contributed by atoms with Gasteiger partial charge in [0.2, 0.25) is 12.2 Å². The molecule has 2 N–H and O–H groups in total. The zero-order chi connectivity index (χ0) is 22.8. The number of nitrogens with zero attached hydrogens (tertiary/aromatic N) is 3. The first kappa shape index (κ1) is 21.3. The van der Waals surface area contributed by atoms with E-state index in [1.807, 2.05) is 36.1 Å². The summed E-state index contributed by atoms with van der Waals surface area (Å²) in [6.07, 6.45) is 2.92. The van der Waals surface area contributed by atoms with Gasteiger partial charge < -0.3 is 29.3 Å². The molecule has 8 nitrogen and oxygen atoms in total. The third-order valence-corrected chi connectivity index (χ3v) is 5.72. The molecule has 0 aliphatic carbocycles. The van der Waals surface area contributed by atoms with Crippen LogP contribution in [0.5, 0.6) is 11.6 Å². The molecule has 3 atom stereocenters. The van der Waals surface area contributed by atoms with Crippen molar-refractivity contribution < 1.29 is 24.4 Å². The fourth-order valence-electron chi connectivity index (χ4n) is 3.95. The highest BCUT2D eigenvalue weighted by molar-refractivity contribution is 5.97. The van der Waals surface area contributed by atoms with Crippen molar-refractivity contribution in [1.29, 1.82) is 0 Å². The lowest BCUT2D eigenvalue weighted by molar-refractivity contribution is 0.0348. The summed E-state index contributed by atoms with van der Waals surface area (Å²) in [5.74, 6) is 7.30. The van der Waals surface area contributed by atoms with Crippen molar-refractivity contribution in [3.8, 4) is 23.5 Å². The molecule has 0 radical (unpaired) electrons. The Morgan fingerprint density at radius 2 is 2.24 bits per heavy atom. The highest BCUT2D eigenvalue weighted by Gasteiger charge is 2.30. The van der Waals surface area contributed by atoms with Gasteiger partial charge in [0.05, 0.1) is 5.70 Å². The van der Waals surface area contributed by atoms with E-state index in [2.05, 4.69) is 21.8 Å². The smallest absolute Gasteiger partial charge is 0.257 e. The molecule has 2 aromatic rings. The molecule has 3 aliphatic rings. The van der Waals surface area contributed by atoms with Gasteiger partial charge in [-0.05, 0) is 42.7 Å². The number of aromatic nitrogens is 1. The zero-order valence-corrected chi connectivity index (χ0v) is 18.3. The first-order valence-corrected chi connectivity index (χ1v) is 11.0. The van der Waals surface area contributed by atoms with Crippen LogP contribution in [-0.2, 0) is 11.2 Å². The zero-order valence-electron chi connectivity index (χ0n) is 18.3. The molecule has 0 spiro atoms. The van der Waals surface area contributed by atoms with Crippen molar-refractivity contribution in [2.24, 2.45) is 4.99 Å². The number of pyridine rings is 1. The minimum atomic E-state index is -1.01. The molecule has 0 amide bonds. The number of fused-ring (bicyclic) bond motifs is 4. The van der Waals surface area contributed by atoms with Gasteiger partial charge in [0, 0.05) is 29.9 Å². The number of benzene rings is 1. The van der Waals surface area contributed by atoms with E-state index < -0.39 is 12.5 Å². The van der Waals surface area contributed by atoms with Crippen LogP contribution in [0.15, 0.2) is 47.6 Å². The number of aliphatic hydroxyl groups is 2. The maximum absolute atomic E-state index is 10.6. The van der Waals surface area contributed by atoms with Gasteiger partial charge in [-0.3, -0.25) is 0 Å². The lowest BCUT2D eigenvalue weighted by Crippen LogP contribution is -2.41. The molecule has 1 aromatic carbocycles. The van der Waals surface area contributed by atoms with Crippen LogP contribution in [-0.4, -0.2) is 64.3 Å². The molecule has 5 rings (SSSR count). The fraction of sp³-hybridized carbons (Fsp3) is 0.360. The molecule has 0 bridgehead atoms. The van der Waals surface area contributed by atoms with Crippen molar-refractivity contribution in [2.45, 2.75) is 38.3 Å². The first-order valence-electron chi connectivity index (χ1n) is 11.0. The number of aliphatic imine (C=N–C) groups is 1. The van der Waals surface area contributed by atoms with Gasteiger partial charge in [0.1, 0.15) is 19.3 Å². The van der Waals surface area contributed by atoms with Crippen LogP contribution in [0, 0.1) is 11.8 Å². The van der Waals surface area contributed by atoms with E-state index in [9.17, 15) is 10.2 Å². The second-order valence-corrected chi connectivity index (χ2v) is 8.02. The van der Waals surface area contributed by atoms with Crippen LogP contribution < -0.4 is 9.47 Å². The molecule has 0 fully saturated rings. The number of rotatable bonds is 3. The molecule has 1 aromatic heterocycles. The Labute approximate surface area is 192 Å². The van der Waals surface area contributed by atoms with Crippen LogP contribution in [0.2, 0.25) is 0 Å². The minimum absolute atomic E-state index is 0.227. The summed E-state index contributed by atoms with van der Waals surface area (Å²) in [6, 6.07) is 9.55. The van der Waals surface area contributed by atoms with E-state index in [0.717, 1.165) is 28.8 Å². The van der Waals surface area contributed by atoms with Crippen molar-refractivity contribution >= 4 is 11.6 Å². The number of ether oxygens (including phenoxy) is 3. The Morgan fingerprint density at radius 1 is 1.33 bits per heavy atom. The van der Waals surface area contributed by atoms with Crippen LogP contribution in [0.3, 0.4) is 0 Å². The Hall–Kier alpha value is -3.54. The van der Waals surface area contributed by atoms with Crippen molar-refractivity contribution in [3.05, 3.63) is 59.3 Å². The highest BCUT2D eigenvalue weighted by atomic mass is 16.6. The average Bonchev–Trinajstić information content (AvgIpc) is 2.85. The van der Waals surface area contributed by atoms with Crippen LogP contribution in [0.4, 0.5) is 0 Å². The molecule has 3 aliphatic heterocycles. The fourth-order valence-corrected chi connectivity index (χ4v) is 3.95. The number of hydrogen-bond acceptors (Lipinski definition) is 8. The average molecular weight is 447 g/mol. The second kappa shape index (κ2) is 9.14. The van der Waals surface area contributed by atoms with Crippen LogP contribution in [0.25, 0.3) is 5.70 Å². The molecule has 0 saturated heterocycles. The van der Waals surface area contributed by atoms with E-state index in [1.165, 1.54) is 0 Å². The topological polar surface area (TPSA) is 96.6 Å². The molecule has 3 unspecified atom stereocenters. The van der Waals surface area contributed by atoms with Crippen molar-refractivity contribution in [1.82, 2.24) is 9.88 Å². The van der Waals surface area contributed by atoms with Crippen LogP contribution in [0.1, 0.15) is 30.0 Å². The maximum atomic E-state index is 10.6. The maximum Gasteiger partial charge on any atom is 0.257 e. The van der Waals surface area contributed by atoms with Crippen LogP contribution >= 0.6 is 0 Å². The second-order valence-electron chi connectivity index (χ2n) is 8.02. The van der Waals surface area contributed by atoms with E-state index in [4.69, 9.17) is 14.2 Å². The van der Waals surface area contributed by atoms with E-state index in [0.29, 0.717) is 37.1 Å². The van der Waals surface area contributed by atoms with Gasteiger partial charge in [0.25, 0.3) is 5.88 Å². The van der Waals surface area contributed by atoms with Crippen molar-refractivity contribution in [3.63, 3.8) is 0 Å². The Kier molecular flexibility index (Phi) is 5.90. The van der Waals surface area contributed by atoms with E-state index in [1.54, 1.807) is 18.3 Å². The third kappa shape index (κ3) is 4.51. The minimum Gasteiger partial charge on any atom is -0.478 e. The normalized spacial score (nSPS) is 21.5. The Morgan fingerprint density at radius 3 is 3.12 bits per heavy atom. The van der Waals surface area contributed by atoms with Gasteiger partial charge in [-0.15, -0.1) is 0 Å². The van der Waals surface area contributed by atoms with Gasteiger partial charge in [-0.1, -0.05) is 24.8 Å². The summed E-state index contributed by atoms with van der Waals surface area (Å²) in [5, 5.41) is 20.3. The first-order chi connectivity index (χ1) is 16.1. The summed E-state index contributed by atoms with van der Waals surface area (Å²) >= 11 is 0. The lowest BCUT2D eigenvalue weighted by Gasteiger charge is -2.37. The predicted octanol–water partition coefficient (Wildman–Crippen LogP) is 1.95. The summed E-state index contributed by atoms with van der Waals surface area (Å²) in [7, 11) is 0. The standard InChI is InChI=1S/C25H25N3O5/c1-2-18(29)7-5-16-6-8-20-17(12-16)9-11-28-21(20)13-23(27-25(28)30)31-14-19-15-32-24-22(33-19)4-3-10-26-24/h3-4,6,8,10,12-13,18-19,25,29-30H,2,9,11,14-15H2,1H3. The lowest BCUT2D eigenvalue weighted by atomic mass is 9.93. The molecular weight excluding hydrogens is 422 g/mol. The number of hydrogen-bond donors (Lipinski definition) is 2. The van der Waals surface area contributed by atoms with Gasteiger partial charge in [-0.25, -0.2) is 4.98 Å². The number of aliphatic hydroxyl groups excluding tert-OH is 2. The molecule has 8 heteroatoms. The molecular formula is C25H25N3O5.